The van der Waals surface area contributed by atoms with Crippen molar-refractivity contribution in [1.29, 1.82) is 0 Å². The van der Waals surface area contributed by atoms with Crippen LogP contribution in [0.1, 0.15) is 32.3 Å². The molecule has 1 unspecified atom stereocenters. The number of likely N-dealkylation sites (tertiary alicyclic amines) is 1. The Morgan fingerprint density at radius 2 is 2.24 bits per heavy atom. The summed E-state index contributed by atoms with van der Waals surface area (Å²) in [6.07, 6.45) is 2.40. The zero-order valence-electron chi connectivity index (χ0n) is 13.4. The van der Waals surface area contributed by atoms with Gasteiger partial charge in [0.1, 0.15) is 11.6 Å². The van der Waals surface area contributed by atoms with Crippen molar-refractivity contribution in [2.24, 2.45) is 5.92 Å². The Labute approximate surface area is 127 Å². The maximum atomic E-state index is 14.1. The second-order valence-electron chi connectivity index (χ2n) is 6.28. The summed E-state index contributed by atoms with van der Waals surface area (Å²) < 4.78 is 19.1. The topological polar surface area (TPSA) is 24.5 Å². The van der Waals surface area contributed by atoms with Gasteiger partial charge in [-0.3, -0.25) is 4.90 Å². The normalized spacial score (nSPS) is 19.4. The van der Waals surface area contributed by atoms with Gasteiger partial charge in [0.05, 0.1) is 7.11 Å². The molecule has 0 spiro atoms. The summed E-state index contributed by atoms with van der Waals surface area (Å²) in [6.45, 7) is 8.21. The summed E-state index contributed by atoms with van der Waals surface area (Å²) in [6, 6.07) is 5.66. The van der Waals surface area contributed by atoms with Crippen LogP contribution in [0.15, 0.2) is 18.2 Å². The Morgan fingerprint density at radius 1 is 1.43 bits per heavy atom. The van der Waals surface area contributed by atoms with E-state index in [2.05, 4.69) is 24.1 Å². The van der Waals surface area contributed by atoms with E-state index in [-0.39, 0.29) is 5.82 Å². The predicted molar refractivity (Wildman–Crippen MR) is 84.1 cm³/mol. The van der Waals surface area contributed by atoms with Gasteiger partial charge in [0.2, 0.25) is 0 Å². The molecule has 1 saturated heterocycles. The fourth-order valence-corrected chi connectivity index (χ4v) is 2.88. The predicted octanol–water partition coefficient (Wildman–Crippen LogP) is 3.04. The van der Waals surface area contributed by atoms with Crippen LogP contribution in [0.3, 0.4) is 0 Å². The molecule has 0 radical (unpaired) electrons. The number of methoxy groups -OCH3 is 1. The molecule has 1 heterocycles. The molecule has 1 aliphatic rings. The summed E-state index contributed by atoms with van der Waals surface area (Å²) >= 11 is 0. The van der Waals surface area contributed by atoms with Crippen molar-refractivity contribution in [3.8, 4) is 5.75 Å². The van der Waals surface area contributed by atoms with Crippen LogP contribution < -0.4 is 10.1 Å². The van der Waals surface area contributed by atoms with E-state index in [0.717, 1.165) is 25.2 Å². The molecule has 0 aliphatic carbocycles. The van der Waals surface area contributed by atoms with Crippen LogP contribution in [0.4, 0.5) is 4.39 Å². The summed E-state index contributed by atoms with van der Waals surface area (Å²) in [7, 11) is 1.56. The average molecular weight is 294 g/mol. The number of ether oxygens (including phenoxy) is 1. The quantitative estimate of drug-likeness (QED) is 0.836. The molecule has 0 aromatic heterocycles. The third-order valence-electron chi connectivity index (χ3n) is 4.07. The maximum absolute atomic E-state index is 14.1. The monoisotopic (exact) mass is 294 g/mol. The third-order valence-corrected chi connectivity index (χ3v) is 4.07. The number of nitrogens with zero attached hydrogens (tertiary/aromatic N) is 1. The van der Waals surface area contributed by atoms with Gasteiger partial charge in [-0.25, -0.2) is 4.39 Å². The second kappa shape index (κ2) is 7.76. The second-order valence-corrected chi connectivity index (χ2v) is 6.28. The van der Waals surface area contributed by atoms with E-state index in [0.29, 0.717) is 24.3 Å². The molecule has 3 nitrogen and oxygen atoms in total. The van der Waals surface area contributed by atoms with Crippen molar-refractivity contribution in [3.63, 3.8) is 0 Å². The number of hydrogen-bond donors (Lipinski definition) is 1. The van der Waals surface area contributed by atoms with Crippen LogP contribution in [0, 0.1) is 11.7 Å². The Balaban J connectivity index is 1.91. The Kier molecular flexibility index (Phi) is 6.00. The molecule has 0 saturated carbocycles. The average Bonchev–Trinajstić information content (AvgIpc) is 2.88. The lowest BCUT2D eigenvalue weighted by molar-refractivity contribution is 0.234. The van der Waals surface area contributed by atoms with E-state index in [9.17, 15) is 4.39 Å². The molecule has 118 valence electrons. The number of benzene rings is 1. The SMILES string of the molecule is COc1ccc(CN2CCCC2CNCC(C)C)c(F)c1. The molecule has 1 aromatic rings. The number of halogens is 1. The standard InChI is InChI=1S/C17H27FN2O/c1-13(2)10-19-11-15-5-4-8-20(15)12-14-6-7-16(21-3)9-17(14)18/h6-7,9,13,15,19H,4-5,8,10-12H2,1-3H3. The molecule has 0 amide bonds. The van der Waals surface area contributed by atoms with Gasteiger partial charge in [-0.05, 0) is 37.9 Å². The van der Waals surface area contributed by atoms with E-state index in [1.165, 1.54) is 18.9 Å². The fraction of sp³-hybridized carbons (Fsp3) is 0.647. The van der Waals surface area contributed by atoms with Crippen molar-refractivity contribution in [2.75, 3.05) is 26.7 Å². The first-order valence-electron chi connectivity index (χ1n) is 7.87. The molecule has 21 heavy (non-hydrogen) atoms. The fourth-order valence-electron chi connectivity index (χ4n) is 2.88. The molecular weight excluding hydrogens is 267 g/mol. The first-order valence-corrected chi connectivity index (χ1v) is 7.87. The van der Waals surface area contributed by atoms with Crippen LogP contribution in [0.2, 0.25) is 0 Å². The maximum Gasteiger partial charge on any atom is 0.131 e. The lowest BCUT2D eigenvalue weighted by Gasteiger charge is -2.25. The Hall–Kier alpha value is -1.13. The minimum atomic E-state index is -0.171. The Morgan fingerprint density at radius 3 is 2.90 bits per heavy atom. The highest BCUT2D eigenvalue weighted by Crippen LogP contribution is 2.23. The lowest BCUT2D eigenvalue weighted by atomic mass is 10.1. The molecule has 1 N–H and O–H groups in total. The van der Waals surface area contributed by atoms with Crippen molar-refractivity contribution in [2.45, 2.75) is 39.3 Å². The van der Waals surface area contributed by atoms with E-state index >= 15 is 0 Å². The van der Waals surface area contributed by atoms with Crippen molar-refractivity contribution in [1.82, 2.24) is 10.2 Å². The van der Waals surface area contributed by atoms with Crippen LogP contribution in [-0.2, 0) is 6.54 Å². The summed E-state index contributed by atoms with van der Waals surface area (Å²) in [4.78, 5) is 2.39. The first kappa shape index (κ1) is 16.2. The van der Waals surface area contributed by atoms with Crippen molar-refractivity contribution < 1.29 is 9.13 Å². The molecule has 1 atom stereocenters. The molecular formula is C17H27FN2O. The highest BCUT2D eigenvalue weighted by molar-refractivity contribution is 5.29. The Bertz CT molecular complexity index is 450. The minimum absolute atomic E-state index is 0.171. The van der Waals surface area contributed by atoms with Crippen LogP contribution in [0.25, 0.3) is 0 Å². The van der Waals surface area contributed by atoms with E-state index in [1.54, 1.807) is 7.11 Å². The zero-order valence-corrected chi connectivity index (χ0v) is 13.4. The van der Waals surface area contributed by atoms with Gasteiger partial charge in [-0.2, -0.15) is 0 Å². The van der Waals surface area contributed by atoms with Gasteiger partial charge in [-0.15, -0.1) is 0 Å². The van der Waals surface area contributed by atoms with Gasteiger partial charge in [0.15, 0.2) is 0 Å². The van der Waals surface area contributed by atoms with Gasteiger partial charge in [0, 0.05) is 30.8 Å². The van der Waals surface area contributed by atoms with Gasteiger partial charge in [0.25, 0.3) is 0 Å². The van der Waals surface area contributed by atoms with Crippen molar-refractivity contribution in [3.05, 3.63) is 29.6 Å². The molecule has 1 fully saturated rings. The highest BCUT2D eigenvalue weighted by atomic mass is 19.1. The molecule has 2 rings (SSSR count). The summed E-state index contributed by atoms with van der Waals surface area (Å²) in [5.41, 5.74) is 0.756. The van der Waals surface area contributed by atoms with E-state index in [1.807, 2.05) is 12.1 Å². The molecule has 1 aromatic carbocycles. The minimum Gasteiger partial charge on any atom is -0.497 e. The first-order chi connectivity index (χ1) is 10.1. The van der Waals surface area contributed by atoms with Gasteiger partial charge >= 0.3 is 0 Å². The van der Waals surface area contributed by atoms with Crippen LogP contribution in [0.5, 0.6) is 5.75 Å². The number of nitrogens with one attached hydrogen (secondary N) is 1. The molecule has 4 heteroatoms. The van der Waals surface area contributed by atoms with Gasteiger partial charge < -0.3 is 10.1 Å². The van der Waals surface area contributed by atoms with Crippen LogP contribution >= 0.6 is 0 Å². The number of hydrogen-bond acceptors (Lipinski definition) is 3. The summed E-state index contributed by atoms with van der Waals surface area (Å²) in [5.74, 6) is 1.07. The zero-order chi connectivity index (χ0) is 15.2. The van der Waals surface area contributed by atoms with E-state index in [4.69, 9.17) is 4.74 Å². The molecule has 0 bridgehead atoms. The summed E-state index contributed by atoms with van der Waals surface area (Å²) in [5, 5.41) is 3.52. The highest BCUT2D eigenvalue weighted by Gasteiger charge is 2.24. The largest absolute Gasteiger partial charge is 0.497 e. The van der Waals surface area contributed by atoms with Crippen LogP contribution in [-0.4, -0.2) is 37.7 Å². The smallest absolute Gasteiger partial charge is 0.131 e. The third kappa shape index (κ3) is 4.68. The van der Waals surface area contributed by atoms with Crippen molar-refractivity contribution >= 4 is 0 Å². The lowest BCUT2D eigenvalue weighted by Crippen LogP contribution is -2.38. The molecule has 1 aliphatic heterocycles. The van der Waals surface area contributed by atoms with Gasteiger partial charge in [-0.1, -0.05) is 19.9 Å². The van der Waals surface area contributed by atoms with E-state index < -0.39 is 0 Å². The number of rotatable bonds is 7.